The van der Waals surface area contributed by atoms with Gasteiger partial charge in [-0.15, -0.1) is 0 Å². The van der Waals surface area contributed by atoms with Gasteiger partial charge in [-0.2, -0.15) is 0 Å². The van der Waals surface area contributed by atoms with E-state index in [2.05, 4.69) is 48.5 Å². The number of benzene rings is 3. The quantitative estimate of drug-likeness (QED) is 0.368. The van der Waals surface area contributed by atoms with Gasteiger partial charge in [-0.3, -0.25) is 4.79 Å². The van der Waals surface area contributed by atoms with Gasteiger partial charge in [0, 0.05) is 6.42 Å². The van der Waals surface area contributed by atoms with Crippen molar-refractivity contribution in [1.29, 1.82) is 0 Å². The Hall–Kier alpha value is -2.52. The number of carbonyl (C=O) groups is 1. The number of esters is 1. The summed E-state index contributed by atoms with van der Waals surface area (Å²) in [5.74, 6) is 0.378. The van der Waals surface area contributed by atoms with E-state index >= 15 is 0 Å². The molecule has 0 aromatic heterocycles. The zero-order chi connectivity index (χ0) is 16.8. The zero-order valence-corrected chi connectivity index (χ0v) is 14.3. The molecule has 0 fully saturated rings. The van der Waals surface area contributed by atoms with Crippen LogP contribution in [0, 0.1) is 0 Å². The van der Waals surface area contributed by atoms with E-state index in [-0.39, 0.29) is 16.9 Å². The van der Waals surface area contributed by atoms with E-state index in [4.69, 9.17) is 4.74 Å². The van der Waals surface area contributed by atoms with Crippen LogP contribution < -0.4 is 4.74 Å². The smallest absolute Gasteiger partial charge is 0.310 e. The maximum atomic E-state index is 11.4. The Morgan fingerprint density at radius 3 is 1.67 bits per heavy atom. The van der Waals surface area contributed by atoms with Gasteiger partial charge < -0.3 is 4.74 Å². The highest BCUT2D eigenvalue weighted by Gasteiger charge is 2.28. The van der Waals surface area contributed by atoms with Crippen LogP contribution in [0.5, 0.6) is 5.75 Å². The fourth-order valence-corrected chi connectivity index (χ4v) is 4.45. The van der Waals surface area contributed by atoms with E-state index in [1.165, 1.54) is 14.7 Å². The molecule has 24 heavy (non-hydrogen) atoms. The van der Waals surface area contributed by atoms with Crippen molar-refractivity contribution in [2.24, 2.45) is 0 Å². The van der Waals surface area contributed by atoms with E-state index in [0.29, 0.717) is 12.2 Å². The minimum absolute atomic E-state index is 0.178. The summed E-state index contributed by atoms with van der Waals surface area (Å²) in [7, 11) is -0.178. The second-order valence-corrected chi connectivity index (χ2v) is 7.26. The summed E-state index contributed by atoms with van der Waals surface area (Å²) < 4.78 is 5.27. The second kappa shape index (κ2) is 7.84. The molecule has 0 aliphatic carbocycles. The molecular weight excluding hydrogens is 316 g/mol. The molecule has 0 atom stereocenters. The van der Waals surface area contributed by atoms with Gasteiger partial charge in [-0.25, -0.2) is 0 Å². The summed E-state index contributed by atoms with van der Waals surface area (Å²) in [5, 5.41) is 0. The standard InChI is InChI=1S/C21H19O2S/c1-2-21(22)23-17-13-15-20(16-14-17)24(18-9-5-3-6-10-18)19-11-7-4-8-12-19/h3-16H,2H2,1H3/q+1. The predicted octanol–water partition coefficient (Wildman–Crippen LogP) is 5.10. The van der Waals surface area contributed by atoms with Gasteiger partial charge in [0.25, 0.3) is 0 Å². The molecule has 2 nitrogen and oxygen atoms in total. The van der Waals surface area contributed by atoms with Crippen LogP contribution in [-0.2, 0) is 15.7 Å². The van der Waals surface area contributed by atoms with Crippen LogP contribution in [0.2, 0.25) is 0 Å². The van der Waals surface area contributed by atoms with Crippen molar-refractivity contribution in [2.75, 3.05) is 0 Å². The lowest BCUT2D eigenvalue weighted by atomic mass is 10.3. The maximum Gasteiger partial charge on any atom is 0.310 e. The molecule has 3 aromatic carbocycles. The predicted molar refractivity (Wildman–Crippen MR) is 97.4 cm³/mol. The highest BCUT2D eigenvalue weighted by atomic mass is 32.2. The number of ether oxygens (including phenoxy) is 1. The topological polar surface area (TPSA) is 26.3 Å². The maximum absolute atomic E-state index is 11.4. The zero-order valence-electron chi connectivity index (χ0n) is 13.5. The molecule has 3 aromatic rings. The first-order valence-electron chi connectivity index (χ1n) is 7.93. The third kappa shape index (κ3) is 3.87. The average Bonchev–Trinajstić information content (AvgIpc) is 2.65. The molecule has 0 aliphatic heterocycles. The molecule has 0 N–H and O–H groups in total. The molecule has 0 heterocycles. The Morgan fingerprint density at radius 2 is 1.21 bits per heavy atom. The molecule has 0 radical (unpaired) electrons. The van der Waals surface area contributed by atoms with Crippen LogP contribution in [0.1, 0.15) is 13.3 Å². The van der Waals surface area contributed by atoms with Crippen molar-refractivity contribution in [3.05, 3.63) is 84.9 Å². The molecule has 0 saturated carbocycles. The average molecular weight is 335 g/mol. The fourth-order valence-electron chi connectivity index (χ4n) is 2.37. The monoisotopic (exact) mass is 335 g/mol. The summed E-state index contributed by atoms with van der Waals surface area (Å²) >= 11 is 0. The number of hydrogen-bond donors (Lipinski definition) is 0. The Kier molecular flexibility index (Phi) is 5.34. The Labute approximate surface area is 145 Å². The van der Waals surface area contributed by atoms with Crippen molar-refractivity contribution in [3.63, 3.8) is 0 Å². The summed E-state index contributed by atoms with van der Waals surface area (Å²) in [6, 6.07) is 28.8. The number of carbonyl (C=O) groups excluding carboxylic acids is 1. The summed E-state index contributed by atoms with van der Waals surface area (Å²) in [4.78, 5) is 15.2. The molecule has 3 heteroatoms. The van der Waals surface area contributed by atoms with Crippen LogP contribution in [0.3, 0.4) is 0 Å². The lowest BCUT2D eigenvalue weighted by Gasteiger charge is -2.08. The first-order chi connectivity index (χ1) is 11.8. The van der Waals surface area contributed by atoms with Crippen LogP contribution in [-0.4, -0.2) is 5.97 Å². The van der Waals surface area contributed by atoms with Gasteiger partial charge >= 0.3 is 5.97 Å². The fraction of sp³-hybridized carbons (Fsp3) is 0.0952. The van der Waals surface area contributed by atoms with Crippen molar-refractivity contribution in [2.45, 2.75) is 28.0 Å². The second-order valence-electron chi connectivity index (χ2n) is 5.23. The first kappa shape index (κ1) is 16.3. The van der Waals surface area contributed by atoms with Crippen LogP contribution in [0.15, 0.2) is 99.6 Å². The van der Waals surface area contributed by atoms with Crippen LogP contribution >= 0.6 is 0 Å². The minimum atomic E-state index is -0.215. The molecule has 3 rings (SSSR count). The lowest BCUT2D eigenvalue weighted by molar-refractivity contribution is -0.134. The summed E-state index contributed by atoms with van der Waals surface area (Å²) in [5.41, 5.74) is 0. The van der Waals surface area contributed by atoms with E-state index in [0.717, 1.165) is 0 Å². The Bertz CT molecular complexity index is 744. The Balaban J connectivity index is 1.96. The normalized spacial score (nSPS) is 10.6. The molecule has 0 bridgehead atoms. The van der Waals surface area contributed by atoms with Crippen LogP contribution in [0.4, 0.5) is 0 Å². The van der Waals surface area contributed by atoms with Crippen molar-refractivity contribution >= 4 is 16.9 Å². The molecule has 0 unspecified atom stereocenters. The van der Waals surface area contributed by atoms with Gasteiger partial charge in [0.15, 0.2) is 14.7 Å². The largest absolute Gasteiger partial charge is 0.427 e. The van der Waals surface area contributed by atoms with Gasteiger partial charge in [0.05, 0.1) is 10.9 Å². The molecule has 0 aliphatic rings. The molecule has 0 saturated heterocycles. The van der Waals surface area contributed by atoms with E-state index in [1.807, 2.05) is 36.4 Å². The van der Waals surface area contributed by atoms with E-state index in [1.54, 1.807) is 6.92 Å². The molecule has 120 valence electrons. The van der Waals surface area contributed by atoms with Gasteiger partial charge in [0.2, 0.25) is 0 Å². The van der Waals surface area contributed by atoms with Crippen molar-refractivity contribution < 1.29 is 9.53 Å². The molecule has 0 spiro atoms. The summed E-state index contributed by atoms with van der Waals surface area (Å²) in [6.45, 7) is 1.79. The first-order valence-corrected chi connectivity index (χ1v) is 9.15. The highest BCUT2D eigenvalue weighted by molar-refractivity contribution is 7.97. The third-order valence-corrected chi connectivity index (χ3v) is 5.77. The molecular formula is C21H19O2S+. The van der Waals surface area contributed by atoms with Gasteiger partial charge in [0.1, 0.15) is 5.75 Å². The van der Waals surface area contributed by atoms with E-state index < -0.39 is 0 Å². The van der Waals surface area contributed by atoms with Crippen molar-refractivity contribution in [3.8, 4) is 5.75 Å². The van der Waals surface area contributed by atoms with Gasteiger partial charge in [-0.05, 0) is 48.5 Å². The van der Waals surface area contributed by atoms with E-state index in [9.17, 15) is 4.79 Å². The summed E-state index contributed by atoms with van der Waals surface area (Å²) in [6.07, 6.45) is 0.375. The van der Waals surface area contributed by atoms with Gasteiger partial charge in [-0.1, -0.05) is 43.3 Å². The number of hydrogen-bond acceptors (Lipinski definition) is 2. The van der Waals surface area contributed by atoms with Crippen LogP contribution in [0.25, 0.3) is 0 Å². The van der Waals surface area contributed by atoms with Crippen molar-refractivity contribution in [1.82, 2.24) is 0 Å². The Morgan fingerprint density at radius 1 is 0.750 bits per heavy atom. The molecule has 0 amide bonds. The highest BCUT2D eigenvalue weighted by Crippen LogP contribution is 2.31. The SMILES string of the molecule is CCC(=O)Oc1ccc([S+](c2ccccc2)c2ccccc2)cc1. The third-order valence-electron chi connectivity index (χ3n) is 3.54. The lowest BCUT2D eigenvalue weighted by Crippen LogP contribution is -2.07. The number of rotatable bonds is 5. The minimum Gasteiger partial charge on any atom is -0.427 e.